The van der Waals surface area contributed by atoms with Crippen molar-refractivity contribution in [2.45, 2.75) is 12.1 Å². The molecule has 0 saturated heterocycles. The van der Waals surface area contributed by atoms with Gasteiger partial charge >= 0.3 is 29.6 Å². The predicted molar refractivity (Wildman–Crippen MR) is 31.4 cm³/mol. The summed E-state index contributed by atoms with van der Waals surface area (Å²) in [5.74, 6) is 0.856. The fourth-order valence-electron chi connectivity index (χ4n) is 0.388. The molecule has 0 saturated carbocycles. The molecule has 1 heterocycles. The van der Waals surface area contributed by atoms with E-state index in [1.807, 2.05) is 14.0 Å². The Morgan fingerprint density at radius 2 is 2.00 bits per heavy atom. The van der Waals surface area contributed by atoms with Crippen LogP contribution in [0.15, 0.2) is 5.16 Å². The summed E-state index contributed by atoms with van der Waals surface area (Å²) >= 11 is 4.76. The average molecular weight is 151 g/mol. The van der Waals surface area contributed by atoms with Crippen molar-refractivity contribution in [3.63, 3.8) is 0 Å². The first kappa shape index (κ1) is 9.36. The van der Waals surface area contributed by atoms with Gasteiger partial charge in [0.1, 0.15) is 5.82 Å². The SMILES string of the molecule is Cc1nnc([S-])n1C.[Na+]. The third-order valence-corrected chi connectivity index (χ3v) is 1.41. The molecule has 0 atom stereocenters. The third-order valence-electron chi connectivity index (χ3n) is 1.05. The standard InChI is InChI=1S/C4H7N3S.Na/c1-3-5-6-4(8)7(3)2;/h1-2H3,(H,6,8);/q;+1/p-1. The molecule has 1 rings (SSSR count). The van der Waals surface area contributed by atoms with Crippen LogP contribution in [0.3, 0.4) is 0 Å². The molecule has 0 aliphatic rings. The van der Waals surface area contributed by atoms with Gasteiger partial charge in [0.2, 0.25) is 0 Å². The Labute approximate surface area is 81.6 Å². The molecule has 0 amide bonds. The van der Waals surface area contributed by atoms with Crippen molar-refractivity contribution in [2.75, 3.05) is 0 Å². The molecule has 3 nitrogen and oxygen atoms in total. The molecule has 0 aromatic carbocycles. The van der Waals surface area contributed by atoms with Crippen molar-refractivity contribution in [3.05, 3.63) is 5.82 Å². The summed E-state index contributed by atoms with van der Waals surface area (Å²) in [6.07, 6.45) is 0. The maximum absolute atomic E-state index is 4.76. The second-order valence-electron chi connectivity index (χ2n) is 1.59. The second kappa shape index (κ2) is 3.51. The smallest absolute Gasteiger partial charge is 0.740 e. The third kappa shape index (κ3) is 1.89. The van der Waals surface area contributed by atoms with Gasteiger partial charge in [-0.2, -0.15) is 5.10 Å². The summed E-state index contributed by atoms with van der Waals surface area (Å²) in [4.78, 5) is 0. The van der Waals surface area contributed by atoms with Gasteiger partial charge in [0.15, 0.2) is 0 Å². The topological polar surface area (TPSA) is 30.7 Å². The molecule has 0 fully saturated rings. The Morgan fingerprint density at radius 3 is 2.11 bits per heavy atom. The Morgan fingerprint density at radius 1 is 1.44 bits per heavy atom. The van der Waals surface area contributed by atoms with Crippen molar-refractivity contribution >= 4 is 12.6 Å². The zero-order valence-corrected chi connectivity index (χ0v) is 8.57. The van der Waals surface area contributed by atoms with Crippen LogP contribution in [0.5, 0.6) is 0 Å². The summed E-state index contributed by atoms with van der Waals surface area (Å²) in [5.41, 5.74) is 0. The zero-order chi connectivity index (χ0) is 6.15. The molecule has 0 spiro atoms. The van der Waals surface area contributed by atoms with Gasteiger partial charge < -0.3 is 17.2 Å². The first-order chi connectivity index (χ1) is 3.72. The van der Waals surface area contributed by atoms with Crippen molar-refractivity contribution in [2.24, 2.45) is 7.05 Å². The molecule has 0 bridgehead atoms. The van der Waals surface area contributed by atoms with Crippen LogP contribution in [0.4, 0.5) is 0 Å². The molecule has 9 heavy (non-hydrogen) atoms. The molecule has 0 aliphatic heterocycles. The van der Waals surface area contributed by atoms with E-state index >= 15 is 0 Å². The van der Waals surface area contributed by atoms with Gasteiger partial charge in [-0.15, -0.1) is 5.10 Å². The van der Waals surface area contributed by atoms with Crippen LogP contribution in [0.25, 0.3) is 0 Å². The van der Waals surface area contributed by atoms with Gasteiger partial charge in [0, 0.05) is 12.2 Å². The molecule has 0 aliphatic carbocycles. The van der Waals surface area contributed by atoms with Gasteiger partial charge in [-0.05, 0) is 6.92 Å². The monoisotopic (exact) mass is 151 g/mol. The summed E-state index contributed by atoms with van der Waals surface area (Å²) < 4.78 is 1.76. The first-order valence-electron chi connectivity index (χ1n) is 2.25. The second-order valence-corrected chi connectivity index (χ2v) is 1.95. The van der Waals surface area contributed by atoms with Gasteiger partial charge in [-0.1, -0.05) is 0 Å². The fourth-order valence-corrected chi connectivity index (χ4v) is 0.561. The normalized spacial score (nSPS) is 8.67. The summed E-state index contributed by atoms with van der Waals surface area (Å²) in [6, 6.07) is 0. The van der Waals surface area contributed by atoms with Crippen molar-refractivity contribution < 1.29 is 29.6 Å². The molecule has 44 valence electrons. The molecular weight excluding hydrogens is 145 g/mol. The summed E-state index contributed by atoms with van der Waals surface area (Å²) in [5, 5.41) is 7.91. The number of aryl methyl sites for hydroxylation is 1. The minimum absolute atomic E-state index is 0. The van der Waals surface area contributed by atoms with Crippen molar-refractivity contribution in [1.29, 1.82) is 0 Å². The number of nitrogens with zero attached hydrogens (tertiary/aromatic N) is 3. The van der Waals surface area contributed by atoms with Gasteiger partial charge in [0.25, 0.3) is 0 Å². The molecule has 0 unspecified atom stereocenters. The van der Waals surface area contributed by atoms with E-state index in [1.165, 1.54) is 0 Å². The van der Waals surface area contributed by atoms with Crippen LogP contribution in [-0.2, 0) is 19.7 Å². The summed E-state index contributed by atoms with van der Waals surface area (Å²) in [7, 11) is 1.84. The molecule has 5 heteroatoms. The van der Waals surface area contributed by atoms with Crippen molar-refractivity contribution in [1.82, 2.24) is 14.8 Å². The molecule has 1 aromatic heterocycles. The fraction of sp³-hybridized carbons (Fsp3) is 0.500. The number of aromatic nitrogens is 3. The van der Waals surface area contributed by atoms with Gasteiger partial charge in [-0.25, -0.2) is 0 Å². The van der Waals surface area contributed by atoms with Crippen LogP contribution < -0.4 is 29.6 Å². The maximum atomic E-state index is 4.76. The maximum Gasteiger partial charge on any atom is 1.00 e. The van der Waals surface area contributed by atoms with Crippen LogP contribution in [0.1, 0.15) is 5.82 Å². The first-order valence-corrected chi connectivity index (χ1v) is 2.65. The molecule has 1 aromatic rings. The van der Waals surface area contributed by atoms with E-state index in [0.29, 0.717) is 5.16 Å². The van der Waals surface area contributed by atoms with Gasteiger partial charge in [0.05, 0.1) is 0 Å². The van der Waals surface area contributed by atoms with Crippen molar-refractivity contribution in [3.8, 4) is 0 Å². The van der Waals surface area contributed by atoms with E-state index < -0.39 is 0 Å². The van der Waals surface area contributed by atoms with E-state index in [1.54, 1.807) is 4.57 Å². The summed E-state index contributed by atoms with van der Waals surface area (Å²) in [6.45, 7) is 1.86. The van der Waals surface area contributed by atoms with E-state index in [-0.39, 0.29) is 29.6 Å². The average Bonchev–Trinajstić information content (AvgIpc) is 1.98. The Kier molecular flexibility index (Phi) is 3.65. The number of rotatable bonds is 0. The van der Waals surface area contributed by atoms with E-state index in [4.69, 9.17) is 12.6 Å². The van der Waals surface area contributed by atoms with Gasteiger partial charge in [-0.3, -0.25) is 0 Å². The Bertz CT molecular complexity index is 178. The minimum atomic E-state index is 0. The number of hydrogen-bond donors (Lipinski definition) is 0. The molecular formula is C4H6N3NaS. The van der Waals surface area contributed by atoms with E-state index in [2.05, 4.69) is 10.2 Å². The van der Waals surface area contributed by atoms with E-state index in [0.717, 1.165) is 5.82 Å². The Balaban J connectivity index is 0.000000640. The predicted octanol–water partition coefficient (Wildman–Crippen LogP) is -2.97. The van der Waals surface area contributed by atoms with Crippen LogP contribution in [0.2, 0.25) is 0 Å². The van der Waals surface area contributed by atoms with Crippen LogP contribution in [0, 0.1) is 6.92 Å². The minimum Gasteiger partial charge on any atom is -0.740 e. The Hall–Kier alpha value is 0.360. The van der Waals surface area contributed by atoms with Crippen LogP contribution >= 0.6 is 0 Å². The number of hydrogen-bond acceptors (Lipinski definition) is 3. The zero-order valence-electron chi connectivity index (χ0n) is 5.75. The quantitative estimate of drug-likeness (QED) is 0.293. The molecule has 0 radical (unpaired) electrons. The van der Waals surface area contributed by atoms with Crippen LogP contribution in [-0.4, -0.2) is 14.8 Å². The molecule has 0 N–H and O–H groups in total. The largest absolute Gasteiger partial charge is 1.00 e. The van der Waals surface area contributed by atoms with E-state index in [9.17, 15) is 0 Å².